The summed E-state index contributed by atoms with van der Waals surface area (Å²) in [5.74, 6) is -1.88. The molecular formula is C13H15N3O5. The molecule has 4 amide bonds. The highest BCUT2D eigenvalue weighted by molar-refractivity contribution is 5.98. The van der Waals surface area contributed by atoms with E-state index in [4.69, 9.17) is 10.5 Å². The van der Waals surface area contributed by atoms with E-state index in [1.807, 2.05) is 0 Å². The number of hydrogen-bond donors (Lipinski definition) is 3. The average Bonchev–Trinajstić information content (AvgIpc) is 2.37. The monoisotopic (exact) mass is 293 g/mol. The smallest absolute Gasteiger partial charge is 0.338 e. The van der Waals surface area contributed by atoms with Gasteiger partial charge in [-0.1, -0.05) is 6.07 Å². The summed E-state index contributed by atoms with van der Waals surface area (Å²) in [6.07, 6.45) is -1.19. The van der Waals surface area contributed by atoms with E-state index in [2.05, 4.69) is 5.32 Å². The van der Waals surface area contributed by atoms with E-state index in [0.29, 0.717) is 5.69 Å². The molecule has 0 saturated heterocycles. The SMILES string of the molecule is CC(=O)Nc1cccc(C(=O)O[C@@H](C)C(=O)NC(N)=O)c1. The number of amides is 4. The topological polar surface area (TPSA) is 128 Å². The fraction of sp³-hybridized carbons (Fsp3) is 0.231. The van der Waals surface area contributed by atoms with Crippen LogP contribution in [0.25, 0.3) is 0 Å². The third kappa shape index (κ3) is 5.31. The Morgan fingerprint density at radius 3 is 2.48 bits per heavy atom. The molecule has 0 spiro atoms. The first-order valence-electron chi connectivity index (χ1n) is 5.98. The van der Waals surface area contributed by atoms with Crippen molar-refractivity contribution in [3.63, 3.8) is 0 Å². The predicted octanol–water partition coefficient (Wildman–Crippen LogP) is 0.385. The lowest BCUT2D eigenvalue weighted by Crippen LogP contribution is -2.42. The highest BCUT2D eigenvalue weighted by atomic mass is 16.5. The Labute approximate surface area is 120 Å². The Morgan fingerprint density at radius 1 is 1.24 bits per heavy atom. The minimum absolute atomic E-state index is 0.153. The van der Waals surface area contributed by atoms with Crippen LogP contribution in [0.2, 0.25) is 0 Å². The molecule has 1 atom stereocenters. The number of imide groups is 1. The van der Waals surface area contributed by atoms with Crippen LogP contribution in [0.3, 0.4) is 0 Å². The summed E-state index contributed by atoms with van der Waals surface area (Å²) >= 11 is 0. The highest BCUT2D eigenvalue weighted by Gasteiger charge is 2.20. The normalized spacial score (nSPS) is 11.1. The van der Waals surface area contributed by atoms with Crippen molar-refractivity contribution in [1.82, 2.24) is 5.32 Å². The largest absolute Gasteiger partial charge is 0.449 e. The van der Waals surface area contributed by atoms with Crippen LogP contribution in [0.15, 0.2) is 24.3 Å². The van der Waals surface area contributed by atoms with E-state index >= 15 is 0 Å². The van der Waals surface area contributed by atoms with E-state index in [1.165, 1.54) is 26.0 Å². The van der Waals surface area contributed by atoms with Crippen molar-refractivity contribution >= 4 is 29.5 Å². The molecule has 0 unspecified atom stereocenters. The van der Waals surface area contributed by atoms with Crippen LogP contribution in [0.4, 0.5) is 10.5 Å². The lowest BCUT2D eigenvalue weighted by atomic mass is 10.2. The molecule has 21 heavy (non-hydrogen) atoms. The van der Waals surface area contributed by atoms with Crippen molar-refractivity contribution in [2.24, 2.45) is 5.73 Å². The first-order chi connectivity index (χ1) is 9.79. The second-order valence-electron chi connectivity index (χ2n) is 4.16. The fourth-order valence-corrected chi connectivity index (χ4v) is 1.43. The Morgan fingerprint density at radius 2 is 1.90 bits per heavy atom. The molecule has 112 valence electrons. The van der Waals surface area contributed by atoms with Gasteiger partial charge in [0.15, 0.2) is 6.10 Å². The van der Waals surface area contributed by atoms with Gasteiger partial charge >= 0.3 is 12.0 Å². The molecule has 4 N–H and O–H groups in total. The lowest BCUT2D eigenvalue weighted by Gasteiger charge is -2.12. The number of ether oxygens (including phenoxy) is 1. The minimum atomic E-state index is -1.19. The molecule has 1 aromatic carbocycles. The van der Waals surface area contributed by atoms with Gasteiger partial charge in [0, 0.05) is 12.6 Å². The number of urea groups is 1. The van der Waals surface area contributed by atoms with Crippen molar-refractivity contribution in [2.45, 2.75) is 20.0 Å². The van der Waals surface area contributed by atoms with Crippen molar-refractivity contribution in [3.8, 4) is 0 Å². The second kappa shape index (κ2) is 7.04. The number of nitrogens with one attached hydrogen (secondary N) is 2. The molecule has 1 aromatic rings. The molecule has 1 rings (SSSR count). The Bertz CT molecular complexity index is 585. The van der Waals surface area contributed by atoms with Crippen LogP contribution in [-0.2, 0) is 14.3 Å². The van der Waals surface area contributed by atoms with E-state index in [0.717, 1.165) is 0 Å². The molecule has 0 aliphatic carbocycles. The third-order valence-electron chi connectivity index (χ3n) is 2.32. The Hall–Kier alpha value is -2.90. The number of primary amides is 1. The van der Waals surface area contributed by atoms with E-state index in [9.17, 15) is 19.2 Å². The van der Waals surface area contributed by atoms with Crippen molar-refractivity contribution in [1.29, 1.82) is 0 Å². The van der Waals surface area contributed by atoms with Crippen LogP contribution >= 0.6 is 0 Å². The summed E-state index contributed by atoms with van der Waals surface area (Å²) in [6, 6.07) is 4.99. The summed E-state index contributed by atoms with van der Waals surface area (Å²) in [4.78, 5) is 44.7. The third-order valence-corrected chi connectivity index (χ3v) is 2.32. The van der Waals surface area contributed by atoms with Crippen LogP contribution in [0.5, 0.6) is 0 Å². The number of nitrogens with two attached hydrogens (primary N) is 1. The minimum Gasteiger partial charge on any atom is -0.449 e. The van der Waals surface area contributed by atoms with Gasteiger partial charge in [-0.3, -0.25) is 14.9 Å². The van der Waals surface area contributed by atoms with Crippen LogP contribution < -0.4 is 16.4 Å². The first-order valence-corrected chi connectivity index (χ1v) is 5.98. The number of carbonyl (C=O) groups is 4. The van der Waals surface area contributed by atoms with Crippen molar-refractivity contribution < 1.29 is 23.9 Å². The van der Waals surface area contributed by atoms with E-state index < -0.39 is 24.0 Å². The Kier molecular flexibility index (Phi) is 5.41. The zero-order chi connectivity index (χ0) is 16.0. The van der Waals surface area contributed by atoms with Gasteiger partial charge in [-0.15, -0.1) is 0 Å². The fourth-order valence-electron chi connectivity index (χ4n) is 1.43. The van der Waals surface area contributed by atoms with Gasteiger partial charge in [0.1, 0.15) is 0 Å². The van der Waals surface area contributed by atoms with Gasteiger partial charge in [0.25, 0.3) is 5.91 Å². The highest BCUT2D eigenvalue weighted by Crippen LogP contribution is 2.12. The lowest BCUT2D eigenvalue weighted by molar-refractivity contribution is -0.127. The quantitative estimate of drug-likeness (QED) is 0.692. The maximum Gasteiger partial charge on any atom is 0.338 e. The van der Waals surface area contributed by atoms with Gasteiger partial charge in [0.2, 0.25) is 5.91 Å². The van der Waals surface area contributed by atoms with Gasteiger partial charge in [-0.05, 0) is 25.1 Å². The summed E-state index contributed by atoms with van der Waals surface area (Å²) < 4.78 is 4.89. The molecule has 0 aliphatic rings. The van der Waals surface area contributed by atoms with Crippen LogP contribution in [-0.4, -0.2) is 29.9 Å². The zero-order valence-electron chi connectivity index (χ0n) is 11.5. The molecule has 0 saturated carbocycles. The van der Waals surface area contributed by atoms with Crippen molar-refractivity contribution in [2.75, 3.05) is 5.32 Å². The number of hydrogen-bond acceptors (Lipinski definition) is 5. The van der Waals surface area contributed by atoms with E-state index in [-0.39, 0.29) is 11.5 Å². The van der Waals surface area contributed by atoms with E-state index in [1.54, 1.807) is 17.4 Å². The molecule has 0 fully saturated rings. The summed E-state index contributed by atoms with van der Waals surface area (Å²) in [5, 5.41) is 4.32. The number of rotatable bonds is 4. The number of anilines is 1. The van der Waals surface area contributed by atoms with Crippen molar-refractivity contribution in [3.05, 3.63) is 29.8 Å². The molecule has 0 heterocycles. The van der Waals surface area contributed by atoms with Gasteiger partial charge < -0.3 is 15.8 Å². The predicted molar refractivity (Wildman–Crippen MR) is 73.3 cm³/mol. The summed E-state index contributed by atoms with van der Waals surface area (Å²) in [5.41, 5.74) is 5.36. The second-order valence-corrected chi connectivity index (χ2v) is 4.16. The molecule has 0 aromatic heterocycles. The molecule has 0 bridgehead atoms. The summed E-state index contributed by atoms with van der Waals surface area (Å²) in [7, 11) is 0. The Balaban J connectivity index is 2.73. The molecule has 0 aliphatic heterocycles. The number of esters is 1. The van der Waals surface area contributed by atoms with Crippen LogP contribution in [0, 0.1) is 0 Å². The molecule has 8 nitrogen and oxygen atoms in total. The molecular weight excluding hydrogens is 278 g/mol. The average molecular weight is 293 g/mol. The van der Waals surface area contributed by atoms with Gasteiger partial charge in [0.05, 0.1) is 5.56 Å². The summed E-state index contributed by atoms with van der Waals surface area (Å²) in [6.45, 7) is 2.63. The van der Waals surface area contributed by atoms with Gasteiger partial charge in [-0.2, -0.15) is 0 Å². The number of benzene rings is 1. The maximum atomic E-state index is 11.9. The number of carbonyl (C=O) groups excluding carboxylic acids is 4. The first kappa shape index (κ1) is 16.2. The standard InChI is InChI=1S/C13H15N3O5/c1-7(11(18)16-13(14)20)21-12(19)9-4-3-5-10(6-9)15-8(2)17/h3-7H,1-2H3,(H,15,17)(H3,14,16,18,20)/t7-/m0/s1. The zero-order valence-corrected chi connectivity index (χ0v) is 11.5. The maximum absolute atomic E-state index is 11.9. The van der Waals surface area contributed by atoms with Gasteiger partial charge in [-0.25, -0.2) is 9.59 Å². The van der Waals surface area contributed by atoms with Crippen LogP contribution in [0.1, 0.15) is 24.2 Å². The molecule has 8 heteroatoms. The molecule has 0 radical (unpaired) electrons.